The number of nitrogens with two attached hydrogens (primary N) is 1. The first-order valence-electron chi connectivity index (χ1n) is 8.03. The van der Waals surface area contributed by atoms with Gasteiger partial charge in [-0.3, -0.25) is 4.79 Å². The Labute approximate surface area is 155 Å². The fourth-order valence-electron chi connectivity index (χ4n) is 2.55. The standard InChI is InChI=1S/C19H19NO3S2/c20-17(21)16(13-5-2-1-3-6-13)23-18(22)14-7-9-15(10-8-14)19-24-11-4-12-25-19/h1-3,5-10,16,19H,4,11-12H2,(H2,20,21)/t16-/m0/s1. The van der Waals surface area contributed by atoms with Gasteiger partial charge in [0.25, 0.3) is 5.91 Å². The number of esters is 1. The van der Waals surface area contributed by atoms with Crippen LogP contribution in [0.15, 0.2) is 54.6 Å². The van der Waals surface area contributed by atoms with Gasteiger partial charge < -0.3 is 10.5 Å². The van der Waals surface area contributed by atoms with Crippen LogP contribution in [0.2, 0.25) is 0 Å². The molecule has 0 spiro atoms. The highest BCUT2D eigenvalue weighted by atomic mass is 32.2. The van der Waals surface area contributed by atoms with Crippen molar-refractivity contribution >= 4 is 35.4 Å². The predicted molar refractivity (Wildman–Crippen MR) is 103 cm³/mol. The highest BCUT2D eigenvalue weighted by Gasteiger charge is 2.23. The lowest BCUT2D eigenvalue weighted by Gasteiger charge is -2.21. The summed E-state index contributed by atoms with van der Waals surface area (Å²) in [7, 11) is 0. The van der Waals surface area contributed by atoms with Crippen LogP contribution in [0.1, 0.15) is 38.6 Å². The quantitative estimate of drug-likeness (QED) is 0.804. The van der Waals surface area contributed by atoms with Crippen LogP contribution in [-0.4, -0.2) is 23.4 Å². The van der Waals surface area contributed by atoms with E-state index in [-0.39, 0.29) is 0 Å². The minimum absolute atomic E-state index is 0.414. The van der Waals surface area contributed by atoms with Crippen molar-refractivity contribution in [3.05, 3.63) is 71.3 Å². The van der Waals surface area contributed by atoms with Crippen molar-refractivity contribution in [3.63, 3.8) is 0 Å². The number of benzene rings is 2. The molecule has 2 aromatic carbocycles. The lowest BCUT2D eigenvalue weighted by molar-refractivity contribution is -0.127. The molecule has 0 radical (unpaired) electrons. The van der Waals surface area contributed by atoms with Gasteiger partial charge in [-0.15, -0.1) is 23.5 Å². The SMILES string of the molecule is NC(=O)[C@@H](OC(=O)c1ccc(C2SCCCS2)cc1)c1ccccc1. The van der Waals surface area contributed by atoms with E-state index < -0.39 is 18.0 Å². The van der Waals surface area contributed by atoms with Crippen molar-refractivity contribution < 1.29 is 14.3 Å². The highest BCUT2D eigenvalue weighted by molar-refractivity contribution is 8.16. The summed E-state index contributed by atoms with van der Waals surface area (Å²) in [5.74, 6) is 1.09. The lowest BCUT2D eigenvalue weighted by atomic mass is 10.1. The Morgan fingerprint density at radius 3 is 2.24 bits per heavy atom. The molecule has 0 saturated carbocycles. The zero-order chi connectivity index (χ0) is 17.6. The smallest absolute Gasteiger partial charge is 0.339 e. The first-order chi connectivity index (χ1) is 12.1. The lowest BCUT2D eigenvalue weighted by Crippen LogP contribution is -2.26. The molecule has 1 heterocycles. The fourth-order valence-corrected chi connectivity index (χ4v) is 5.44. The molecule has 1 atom stereocenters. The van der Waals surface area contributed by atoms with Gasteiger partial charge in [0.1, 0.15) is 0 Å². The molecule has 130 valence electrons. The van der Waals surface area contributed by atoms with Gasteiger partial charge in [-0.2, -0.15) is 0 Å². The Kier molecular flexibility index (Phi) is 6.04. The normalized spacial score (nSPS) is 16.2. The van der Waals surface area contributed by atoms with Crippen LogP contribution in [0.3, 0.4) is 0 Å². The van der Waals surface area contributed by atoms with E-state index in [0.29, 0.717) is 15.7 Å². The molecule has 0 aliphatic carbocycles. The molecule has 3 rings (SSSR count). The van der Waals surface area contributed by atoms with E-state index in [2.05, 4.69) is 0 Å². The second kappa shape index (κ2) is 8.45. The summed E-state index contributed by atoms with van der Waals surface area (Å²) in [6.07, 6.45) is 0.155. The van der Waals surface area contributed by atoms with Crippen LogP contribution >= 0.6 is 23.5 Å². The molecule has 6 heteroatoms. The minimum atomic E-state index is -1.09. The van der Waals surface area contributed by atoms with E-state index >= 15 is 0 Å². The monoisotopic (exact) mass is 373 g/mol. The summed E-state index contributed by atoms with van der Waals surface area (Å²) in [6.45, 7) is 0. The van der Waals surface area contributed by atoms with Gasteiger partial charge in [0.2, 0.25) is 6.10 Å². The molecule has 0 unspecified atom stereocenters. The molecule has 4 nitrogen and oxygen atoms in total. The molecule has 1 amide bonds. The van der Waals surface area contributed by atoms with Crippen molar-refractivity contribution in [3.8, 4) is 0 Å². The minimum Gasteiger partial charge on any atom is -0.444 e. The average Bonchev–Trinajstić information content (AvgIpc) is 2.67. The maximum atomic E-state index is 12.4. The second-order valence-corrected chi connectivity index (χ2v) is 8.37. The molecule has 0 aromatic heterocycles. The molecule has 1 fully saturated rings. The van der Waals surface area contributed by atoms with Gasteiger partial charge in [-0.05, 0) is 35.6 Å². The topological polar surface area (TPSA) is 69.4 Å². The Bertz CT molecular complexity index is 728. The first-order valence-corrected chi connectivity index (χ1v) is 10.1. The van der Waals surface area contributed by atoms with Crippen LogP contribution in [-0.2, 0) is 9.53 Å². The van der Waals surface area contributed by atoms with Gasteiger partial charge in [-0.1, -0.05) is 42.5 Å². The Morgan fingerprint density at radius 1 is 1.00 bits per heavy atom. The summed E-state index contributed by atoms with van der Waals surface area (Å²) < 4.78 is 5.76. The van der Waals surface area contributed by atoms with Gasteiger partial charge in [0.05, 0.1) is 10.1 Å². The van der Waals surface area contributed by atoms with Crippen molar-refractivity contribution in [2.45, 2.75) is 17.1 Å². The Balaban J connectivity index is 1.70. The zero-order valence-corrected chi connectivity index (χ0v) is 15.2. The van der Waals surface area contributed by atoms with E-state index in [1.54, 1.807) is 36.4 Å². The van der Waals surface area contributed by atoms with E-state index in [0.717, 1.165) is 0 Å². The number of carbonyl (C=O) groups is 2. The maximum absolute atomic E-state index is 12.4. The van der Waals surface area contributed by atoms with Crippen LogP contribution in [0.25, 0.3) is 0 Å². The number of primary amides is 1. The fraction of sp³-hybridized carbons (Fsp3) is 0.263. The Morgan fingerprint density at radius 2 is 1.64 bits per heavy atom. The average molecular weight is 373 g/mol. The molecule has 2 N–H and O–H groups in total. The molecule has 25 heavy (non-hydrogen) atoms. The largest absolute Gasteiger partial charge is 0.444 e. The Hall–Kier alpha value is -1.92. The van der Waals surface area contributed by atoms with Crippen molar-refractivity contribution in [1.82, 2.24) is 0 Å². The maximum Gasteiger partial charge on any atom is 0.339 e. The van der Waals surface area contributed by atoms with E-state index in [4.69, 9.17) is 10.5 Å². The molecular weight excluding hydrogens is 354 g/mol. The summed E-state index contributed by atoms with van der Waals surface area (Å²) in [5.41, 5.74) is 7.57. The highest BCUT2D eigenvalue weighted by Crippen LogP contribution is 2.43. The third-order valence-corrected chi connectivity index (χ3v) is 6.85. The van der Waals surface area contributed by atoms with Gasteiger partial charge >= 0.3 is 5.97 Å². The molecule has 2 aromatic rings. The number of ether oxygens (including phenoxy) is 1. The molecule has 1 aliphatic rings. The number of hydrogen-bond donors (Lipinski definition) is 1. The van der Waals surface area contributed by atoms with Gasteiger partial charge in [0, 0.05) is 5.56 Å². The van der Waals surface area contributed by atoms with E-state index in [1.807, 2.05) is 41.7 Å². The van der Waals surface area contributed by atoms with Gasteiger partial charge in [-0.25, -0.2) is 4.79 Å². The first kappa shape index (κ1) is 17.9. The number of thioether (sulfide) groups is 2. The molecule has 1 saturated heterocycles. The van der Waals surface area contributed by atoms with E-state index in [9.17, 15) is 9.59 Å². The zero-order valence-electron chi connectivity index (χ0n) is 13.6. The summed E-state index contributed by atoms with van der Waals surface area (Å²) in [6, 6.07) is 16.2. The van der Waals surface area contributed by atoms with Gasteiger partial charge in [0.15, 0.2) is 0 Å². The van der Waals surface area contributed by atoms with Crippen molar-refractivity contribution in [2.75, 3.05) is 11.5 Å². The second-order valence-electron chi connectivity index (χ2n) is 5.65. The molecular formula is C19H19NO3S2. The van der Waals surface area contributed by atoms with Crippen LogP contribution in [0, 0.1) is 0 Å². The molecule has 1 aliphatic heterocycles. The van der Waals surface area contributed by atoms with Crippen molar-refractivity contribution in [2.24, 2.45) is 5.73 Å². The molecule has 0 bridgehead atoms. The third kappa shape index (κ3) is 4.58. The predicted octanol–water partition coefficient (Wildman–Crippen LogP) is 3.94. The number of carbonyl (C=O) groups excluding carboxylic acids is 2. The summed E-state index contributed by atoms with van der Waals surface area (Å²) >= 11 is 3.86. The van der Waals surface area contributed by atoms with E-state index in [1.165, 1.54) is 23.5 Å². The number of rotatable bonds is 5. The van der Waals surface area contributed by atoms with Crippen molar-refractivity contribution in [1.29, 1.82) is 0 Å². The third-order valence-electron chi connectivity index (χ3n) is 3.83. The number of hydrogen-bond acceptors (Lipinski definition) is 5. The van der Waals surface area contributed by atoms with Crippen LogP contribution in [0.4, 0.5) is 0 Å². The number of amides is 1. The van der Waals surface area contributed by atoms with Crippen LogP contribution in [0.5, 0.6) is 0 Å². The summed E-state index contributed by atoms with van der Waals surface area (Å²) in [4.78, 5) is 24.0. The van der Waals surface area contributed by atoms with Crippen LogP contribution < -0.4 is 5.73 Å². The summed E-state index contributed by atoms with van der Waals surface area (Å²) in [5, 5.41) is 0.